The Kier molecular flexibility index (Phi) is 6.29. The van der Waals surface area contributed by atoms with Crippen molar-refractivity contribution in [1.29, 1.82) is 0 Å². The minimum atomic E-state index is -0.352. The molecule has 2 amide bonds. The molecule has 0 fully saturated rings. The van der Waals surface area contributed by atoms with Gasteiger partial charge in [-0.3, -0.25) is 9.59 Å². The highest BCUT2D eigenvalue weighted by atomic mass is 32.2. The maximum atomic E-state index is 13.0. The summed E-state index contributed by atoms with van der Waals surface area (Å²) in [6, 6.07) is 26.4. The quantitative estimate of drug-likeness (QED) is 0.371. The maximum absolute atomic E-state index is 13.0. The van der Waals surface area contributed by atoms with Crippen LogP contribution in [-0.2, 0) is 4.79 Å². The number of benzene rings is 4. The van der Waals surface area contributed by atoms with E-state index in [9.17, 15) is 14.0 Å². The molecule has 6 heteroatoms. The number of halogens is 1. The predicted octanol–water partition coefficient (Wildman–Crippen LogP) is 5.96. The number of amides is 2. The molecule has 4 rings (SSSR count). The molecule has 0 saturated heterocycles. The Bertz CT molecular complexity index is 1240. The number of carbonyl (C=O) groups excluding carboxylic acids is 2. The molecular weight excluding hydrogens is 411 g/mol. The molecule has 154 valence electrons. The van der Waals surface area contributed by atoms with Crippen LogP contribution in [0.2, 0.25) is 0 Å². The topological polar surface area (TPSA) is 58.2 Å². The van der Waals surface area contributed by atoms with Gasteiger partial charge < -0.3 is 10.6 Å². The van der Waals surface area contributed by atoms with E-state index in [0.29, 0.717) is 16.9 Å². The van der Waals surface area contributed by atoms with E-state index >= 15 is 0 Å². The van der Waals surface area contributed by atoms with Crippen molar-refractivity contribution in [3.05, 3.63) is 102 Å². The van der Waals surface area contributed by atoms with Crippen molar-refractivity contribution in [3.63, 3.8) is 0 Å². The number of anilines is 2. The van der Waals surface area contributed by atoms with Crippen molar-refractivity contribution in [3.8, 4) is 0 Å². The highest BCUT2D eigenvalue weighted by molar-refractivity contribution is 8.00. The molecule has 4 nitrogen and oxygen atoms in total. The van der Waals surface area contributed by atoms with E-state index in [-0.39, 0.29) is 23.4 Å². The van der Waals surface area contributed by atoms with Crippen molar-refractivity contribution in [2.24, 2.45) is 0 Å². The molecule has 0 radical (unpaired) electrons. The fourth-order valence-electron chi connectivity index (χ4n) is 3.08. The monoisotopic (exact) mass is 430 g/mol. The molecule has 0 unspecified atom stereocenters. The maximum Gasteiger partial charge on any atom is 0.255 e. The zero-order valence-corrected chi connectivity index (χ0v) is 17.3. The van der Waals surface area contributed by atoms with Gasteiger partial charge in [0.25, 0.3) is 5.91 Å². The summed E-state index contributed by atoms with van der Waals surface area (Å²) in [5, 5.41) is 7.72. The summed E-state index contributed by atoms with van der Waals surface area (Å²) in [4.78, 5) is 25.6. The number of rotatable bonds is 6. The molecule has 0 aromatic heterocycles. The van der Waals surface area contributed by atoms with Crippen LogP contribution < -0.4 is 10.6 Å². The van der Waals surface area contributed by atoms with Gasteiger partial charge in [0.2, 0.25) is 5.91 Å². The molecule has 4 aromatic rings. The van der Waals surface area contributed by atoms with Gasteiger partial charge in [0, 0.05) is 21.8 Å². The van der Waals surface area contributed by atoms with E-state index in [4.69, 9.17) is 0 Å². The summed E-state index contributed by atoms with van der Waals surface area (Å²) in [5.41, 5.74) is 1.78. The molecule has 0 saturated carbocycles. The smallest absolute Gasteiger partial charge is 0.255 e. The van der Waals surface area contributed by atoms with Crippen LogP contribution in [0.3, 0.4) is 0 Å². The second kappa shape index (κ2) is 9.45. The number of hydrogen-bond donors (Lipinski definition) is 2. The van der Waals surface area contributed by atoms with Crippen molar-refractivity contribution < 1.29 is 14.0 Å². The zero-order valence-electron chi connectivity index (χ0n) is 16.5. The van der Waals surface area contributed by atoms with Gasteiger partial charge >= 0.3 is 0 Å². The van der Waals surface area contributed by atoms with Gasteiger partial charge in [-0.1, -0.05) is 36.4 Å². The van der Waals surface area contributed by atoms with Crippen LogP contribution in [0.1, 0.15) is 10.4 Å². The first-order valence-corrected chi connectivity index (χ1v) is 10.6. The predicted molar refractivity (Wildman–Crippen MR) is 124 cm³/mol. The average Bonchev–Trinajstić information content (AvgIpc) is 2.79. The van der Waals surface area contributed by atoms with E-state index < -0.39 is 0 Å². The molecule has 0 heterocycles. The van der Waals surface area contributed by atoms with Crippen LogP contribution >= 0.6 is 11.8 Å². The lowest BCUT2D eigenvalue weighted by molar-refractivity contribution is -0.113. The van der Waals surface area contributed by atoms with Crippen LogP contribution in [-0.4, -0.2) is 17.6 Å². The summed E-state index contributed by atoms with van der Waals surface area (Å²) in [6.07, 6.45) is 0. The van der Waals surface area contributed by atoms with Gasteiger partial charge in [-0.15, -0.1) is 11.8 Å². The fraction of sp³-hybridized carbons (Fsp3) is 0.0400. The Labute approximate surface area is 183 Å². The third-order valence-corrected chi connectivity index (χ3v) is 5.60. The molecule has 0 aliphatic rings. The third-order valence-electron chi connectivity index (χ3n) is 4.60. The normalized spacial score (nSPS) is 10.6. The minimum absolute atomic E-state index is 0.192. The molecule has 31 heavy (non-hydrogen) atoms. The Morgan fingerprint density at radius 3 is 2.32 bits per heavy atom. The van der Waals surface area contributed by atoms with Crippen molar-refractivity contribution in [2.75, 3.05) is 16.4 Å². The number of hydrogen-bond acceptors (Lipinski definition) is 3. The van der Waals surface area contributed by atoms with Gasteiger partial charge in [-0.25, -0.2) is 4.39 Å². The lowest BCUT2D eigenvalue weighted by Crippen LogP contribution is -2.14. The fourth-order valence-corrected chi connectivity index (χ4v) is 3.83. The van der Waals surface area contributed by atoms with E-state index in [1.165, 1.54) is 36.0 Å². The van der Waals surface area contributed by atoms with Gasteiger partial charge in [0.1, 0.15) is 5.82 Å². The van der Waals surface area contributed by atoms with E-state index in [0.717, 1.165) is 15.7 Å². The highest BCUT2D eigenvalue weighted by Crippen LogP contribution is 2.23. The van der Waals surface area contributed by atoms with Gasteiger partial charge in [-0.05, 0) is 65.4 Å². The number of thioether (sulfide) groups is 1. The van der Waals surface area contributed by atoms with E-state index in [1.54, 1.807) is 6.07 Å². The number of carbonyl (C=O) groups is 2. The molecule has 0 spiro atoms. The van der Waals surface area contributed by atoms with Crippen molar-refractivity contribution >= 4 is 45.7 Å². The molecule has 0 aliphatic heterocycles. The summed E-state index contributed by atoms with van der Waals surface area (Å²) >= 11 is 1.35. The lowest BCUT2D eigenvalue weighted by Gasteiger charge is -2.09. The standard InChI is InChI=1S/C25H19FN2O2S/c26-20-10-12-21(13-11-20)27-24(29)16-31-23-7-3-6-22(15-23)28-25(30)19-9-8-17-4-1-2-5-18(17)14-19/h1-15H,16H2,(H,27,29)(H,28,30). The average molecular weight is 431 g/mol. The first-order valence-electron chi connectivity index (χ1n) is 9.65. The Hall–Kier alpha value is -3.64. The molecule has 0 aliphatic carbocycles. The summed E-state index contributed by atoms with van der Waals surface area (Å²) < 4.78 is 13.0. The first-order chi connectivity index (χ1) is 15.1. The molecule has 0 atom stereocenters. The molecular formula is C25H19FN2O2S. The van der Waals surface area contributed by atoms with E-state index in [1.807, 2.05) is 60.7 Å². The highest BCUT2D eigenvalue weighted by Gasteiger charge is 2.09. The van der Waals surface area contributed by atoms with Crippen LogP contribution in [0.4, 0.5) is 15.8 Å². The Morgan fingerprint density at radius 1 is 0.742 bits per heavy atom. The lowest BCUT2D eigenvalue weighted by atomic mass is 10.1. The third kappa shape index (κ3) is 5.49. The largest absolute Gasteiger partial charge is 0.325 e. The first kappa shape index (κ1) is 20.6. The molecule has 0 bridgehead atoms. The van der Waals surface area contributed by atoms with E-state index in [2.05, 4.69) is 10.6 Å². The molecule has 4 aromatic carbocycles. The SMILES string of the molecule is O=C(CSc1cccc(NC(=O)c2ccc3ccccc3c2)c1)Nc1ccc(F)cc1. The second-order valence-electron chi connectivity index (χ2n) is 6.89. The summed E-state index contributed by atoms with van der Waals surface area (Å²) in [5.74, 6) is -0.543. The van der Waals surface area contributed by atoms with Crippen LogP contribution in [0.5, 0.6) is 0 Å². The van der Waals surface area contributed by atoms with Crippen LogP contribution in [0.15, 0.2) is 95.9 Å². The molecule has 2 N–H and O–H groups in total. The number of fused-ring (bicyclic) bond motifs is 1. The summed E-state index contributed by atoms with van der Waals surface area (Å²) in [6.45, 7) is 0. The zero-order chi connectivity index (χ0) is 21.6. The summed E-state index contributed by atoms with van der Waals surface area (Å²) in [7, 11) is 0. The van der Waals surface area contributed by atoms with Crippen LogP contribution in [0, 0.1) is 5.82 Å². The number of nitrogens with one attached hydrogen (secondary N) is 2. The Balaban J connectivity index is 1.36. The van der Waals surface area contributed by atoms with Crippen molar-refractivity contribution in [2.45, 2.75) is 4.90 Å². The van der Waals surface area contributed by atoms with Gasteiger partial charge in [0.15, 0.2) is 0 Å². The van der Waals surface area contributed by atoms with Gasteiger partial charge in [-0.2, -0.15) is 0 Å². The van der Waals surface area contributed by atoms with Gasteiger partial charge in [0.05, 0.1) is 5.75 Å². The Morgan fingerprint density at radius 2 is 1.52 bits per heavy atom. The van der Waals surface area contributed by atoms with Crippen LogP contribution in [0.25, 0.3) is 10.8 Å². The second-order valence-corrected chi connectivity index (χ2v) is 7.94. The minimum Gasteiger partial charge on any atom is -0.325 e. The van der Waals surface area contributed by atoms with Crippen molar-refractivity contribution in [1.82, 2.24) is 0 Å².